The minimum absolute atomic E-state index is 0.0217. The normalized spacial score (nSPS) is 15.8. The molecule has 2 unspecified atom stereocenters. The molecule has 2 fully saturated rings. The number of halogens is 1. The molecule has 6 aromatic heterocycles. The van der Waals surface area contributed by atoms with Gasteiger partial charge < -0.3 is 39.8 Å². The highest BCUT2D eigenvalue weighted by atomic mass is 19.1. The molecule has 0 radical (unpaired) electrons. The van der Waals surface area contributed by atoms with Gasteiger partial charge in [-0.1, -0.05) is 19.1 Å². The van der Waals surface area contributed by atoms with Crippen LogP contribution in [-0.2, 0) is 9.47 Å². The number of methoxy groups -OCH3 is 1. The minimum atomic E-state index is -0.379. The predicted octanol–water partition coefficient (Wildman–Crippen LogP) is 8.53. The van der Waals surface area contributed by atoms with Crippen LogP contribution in [0.1, 0.15) is 25.3 Å². The van der Waals surface area contributed by atoms with Gasteiger partial charge in [0.05, 0.1) is 85.7 Å². The van der Waals surface area contributed by atoms with Gasteiger partial charge in [0.2, 0.25) is 0 Å². The van der Waals surface area contributed by atoms with E-state index in [1.807, 2.05) is 61.7 Å². The number of benzene rings is 1. The van der Waals surface area contributed by atoms with E-state index >= 15 is 4.39 Å². The standard InChI is InChI=1S/C49H51FN10O4/c1-31(10-15-63-36-21-33(24-53-27-36)38-28-55-45(22-41(38)51)59-12-16-62-17-13-59)19-37-30-60(14-18-64-37)46-23-44(39(29-56-46)34-20-35(61-3)26-52-25-34)58-49-32(2)48(43-8-4-5-11-54-43)57-42-9-6-7-40(50)47(42)49/h4-9,11,20-29,31,37H,10,12-19,30H2,1-3H3,(H2,51,55)(H,56,57,58). The Kier molecular flexibility index (Phi) is 12.7. The van der Waals surface area contributed by atoms with Crippen molar-refractivity contribution < 1.29 is 23.3 Å². The molecule has 9 rings (SSSR count). The summed E-state index contributed by atoms with van der Waals surface area (Å²) >= 11 is 0. The van der Waals surface area contributed by atoms with Gasteiger partial charge in [0.15, 0.2) is 0 Å². The number of nitrogen functional groups attached to an aromatic ring is 1. The summed E-state index contributed by atoms with van der Waals surface area (Å²) in [6.45, 7) is 9.49. The second-order valence-electron chi connectivity index (χ2n) is 16.2. The van der Waals surface area contributed by atoms with Gasteiger partial charge >= 0.3 is 0 Å². The zero-order chi connectivity index (χ0) is 44.0. The molecule has 7 aromatic rings. The Labute approximate surface area is 371 Å². The molecule has 2 saturated heterocycles. The van der Waals surface area contributed by atoms with Gasteiger partial charge in [0, 0.05) is 103 Å². The molecular weight excluding hydrogens is 812 g/mol. The molecule has 328 valence electrons. The van der Waals surface area contributed by atoms with Crippen LogP contribution in [0.3, 0.4) is 0 Å². The van der Waals surface area contributed by atoms with Crippen molar-refractivity contribution in [2.45, 2.75) is 32.8 Å². The monoisotopic (exact) mass is 862 g/mol. The van der Waals surface area contributed by atoms with E-state index in [1.165, 1.54) is 6.07 Å². The fourth-order valence-corrected chi connectivity index (χ4v) is 8.36. The lowest BCUT2D eigenvalue weighted by molar-refractivity contribution is 0.0240. The number of nitrogens with two attached hydrogens (primary N) is 1. The molecule has 2 aliphatic rings. The lowest BCUT2D eigenvalue weighted by Gasteiger charge is -2.35. The second-order valence-corrected chi connectivity index (χ2v) is 16.2. The average Bonchev–Trinajstić information content (AvgIpc) is 3.33. The molecule has 0 spiro atoms. The van der Waals surface area contributed by atoms with E-state index < -0.39 is 0 Å². The number of fused-ring (bicyclic) bond motifs is 1. The molecule has 2 aliphatic heterocycles. The van der Waals surface area contributed by atoms with Crippen LogP contribution in [0.25, 0.3) is 44.5 Å². The highest BCUT2D eigenvalue weighted by Crippen LogP contribution is 2.40. The molecule has 0 aliphatic carbocycles. The van der Waals surface area contributed by atoms with E-state index in [2.05, 4.69) is 42.0 Å². The fraction of sp³-hybridized carbons (Fsp3) is 0.306. The Morgan fingerprint density at radius 2 is 1.59 bits per heavy atom. The highest BCUT2D eigenvalue weighted by Gasteiger charge is 2.26. The number of anilines is 5. The van der Waals surface area contributed by atoms with Gasteiger partial charge in [-0.15, -0.1) is 0 Å². The topological polar surface area (TPSA) is 159 Å². The summed E-state index contributed by atoms with van der Waals surface area (Å²) in [6.07, 6.45) is 13.9. The van der Waals surface area contributed by atoms with Crippen molar-refractivity contribution in [1.82, 2.24) is 29.9 Å². The number of ether oxygens (including phenoxy) is 4. The first-order chi connectivity index (χ1) is 31.3. The SMILES string of the molecule is COc1cncc(-c2cnc(N3CCOC(CC(C)CCOc4cncc(-c5cnc(N6CCOCC6)cc5N)c4)C3)cc2Nc2c(C)c(-c3ccccn3)nc3cccc(F)c23)c1. The molecule has 0 bridgehead atoms. The lowest BCUT2D eigenvalue weighted by Crippen LogP contribution is -2.43. The fourth-order valence-electron chi connectivity index (χ4n) is 8.36. The number of hydrogen-bond donors (Lipinski definition) is 2. The molecule has 1 aromatic carbocycles. The van der Waals surface area contributed by atoms with Crippen LogP contribution in [0, 0.1) is 18.7 Å². The molecular formula is C49H51FN10O4. The third kappa shape index (κ3) is 9.36. The Balaban J connectivity index is 0.904. The first-order valence-corrected chi connectivity index (χ1v) is 21.6. The van der Waals surface area contributed by atoms with Crippen LogP contribution in [0.4, 0.5) is 33.1 Å². The smallest absolute Gasteiger partial charge is 0.138 e. The van der Waals surface area contributed by atoms with Gasteiger partial charge in [-0.05, 0) is 62.1 Å². The van der Waals surface area contributed by atoms with Crippen molar-refractivity contribution >= 4 is 39.6 Å². The van der Waals surface area contributed by atoms with Crippen LogP contribution < -0.4 is 30.3 Å². The maximum Gasteiger partial charge on any atom is 0.138 e. The number of morpholine rings is 2. The molecule has 64 heavy (non-hydrogen) atoms. The molecule has 3 N–H and O–H groups in total. The van der Waals surface area contributed by atoms with Crippen molar-refractivity contribution in [3.63, 3.8) is 0 Å². The van der Waals surface area contributed by atoms with Crippen molar-refractivity contribution in [3.05, 3.63) is 115 Å². The van der Waals surface area contributed by atoms with Crippen molar-refractivity contribution in [2.24, 2.45) is 5.92 Å². The third-order valence-electron chi connectivity index (χ3n) is 11.8. The van der Waals surface area contributed by atoms with Crippen LogP contribution in [0.2, 0.25) is 0 Å². The number of pyridine rings is 6. The Bertz CT molecular complexity index is 2740. The number of nitrogens with zero attached hydrogens (tertiary/aromatic N) is 8. The molecule has 15 heteroatoms. The zero-order valence-electron chi connectivity index (χ0n) is 36.2. The average molecular weight is 863 g/mol. The predicted molar refractivity (Wildman–Crippen MR) is 248 cm³/mol. The summed E-state index contributed by atoms with van der Waals surface area (Å²) in [5, 5.41) is 4.04. The van der Waals surface area contributed by atoms with Gasteiger partial charge in [-0.3, -0.25) is 15.0 Å². The van der Waals surface area contributed by atoms with Crippen LogP contribution >= 0.6 is 0 Å². The van der Waals surface area contributed by atoms with Gasteiger partial charge in [0.1, 0.15) is 29.0 Å². The molecule has 2 atom stereocenters. The van der Waals surface area contributed by atoms with Gasteiger partial charge in [-0.25, -0.2) is 19.3 Å². The summed E-state index contributed by atoms with van der Waals surface area (Å²) in [4.78, 5) is 32.4. The molecule has 0 saturated carbocycles. The van der Waals surface area contributed by atoms with Crippen molar-refractivity contribution in [2.75, 3.05) is 80.6 Å². The maximum atomic E-state index is 15.8. The molecule has 14 nitrogen and oxygen atoms in total. The Hall–Kier alpha value is -6.97. The van der Waals surface area contributed by atoms with Crippen LogP contribution in [0.5, 0.6) is 11.5 Å². The van der Waals surface area contributed by atoms with Gasteiger partial charge in [0.25, 0.3) is 0 Å². The summed E-state index contributed by atoms with van der Waals surface area (Å²) < 4.78 is 39.4. The molecule has 8 heterocycles. The zero-order valence-corrected chi connectivity index (χ0v) is 36.2. The second kappa shape index (κ2) is 19.2. The van der Waals surface area contributed by atoms with Crippen molar-refractivity contribution in [3.8, 4) is 45.1 Å². The van der Waals surface area contributed by atoms with E-state index in [4.69, 9.17) is 34.6 Å². The quantitative estimate of drug-likeness (QED) is 0.107. The number of aromatic nitrogens is 6. The first-order valence-electron chi connectivity index (χ1n) is 21.6. The van der Waals surface area contributed by atoms with E-state index in [1.54, 1.807) is 50.4 Å². The number of nitrogens with one attached hydrogen (secondary N) is 1. The Morgan fingerprint density at radius 3 is 2.38 bits per heavy atom. The van der Waals surface area contributed by atoms with E-state index in [0.29, 0.717) is 90.6 Å². The van der Waals surface area contributed by atoms with Crippen molar-refractivity contribution in [1.29, 1.82) is 0 Å². The summed E-state index contributed by atoms with van der Waals surface area (Å²) in [5.41, 5.74) is 14.3. The van der Waals surface area contributed by atoms with E-state index in [9.17, 15) is 0 Å². The van der Waals surface area contributed by atoms with E-state index in [-0.39, 0.29) is 11.9 Å². The van der Waals surface area contributed by atoms with Gasteiger partial charge in [-0.2, -0.15) is 0 Å². The summed E-state index contributed by atoms with van der Waals surface area (Å²) in [7, 11) is 1.61. The molecule has 0 amide bonds. The highest BCUT2D eigenvalue weighted by molar-refractivity contribution is 5.99. The third-order valence-corrected chi connectivity index (χ3v) is 11.8. The largest absolute Gasteiger partial charge is 0.495 e. The minimum Gasteiger partial charge on any atom is -0.495 e. The van der Waals surface area contributed by atoms with Crippen LogP contribution in [-0.4, -0.2) is 95.7 Å². The van der Waals surface area contributed by atoms with Crippen LogP contribution in [0.15, 0.2) is 104 Å². The Morgan fingerprint density at radius 1 is 0.844 bits per heavy atom. The summed E-state index contributed by atoms with van der Waals surface area (Å²) in [5.74, 6) is 2.84. The number of rotatable bonds is 14. The van der Waals surface area contributed by atoms with E-state index in [0.717, 1.165) is 71.1 Å². The number of hydrogen-bond acceptors (Lipinski definition) is 14. The lowest BCUT2D eigenvalue weighted by atomic mass is 9.99. The maximum absolute atomic E-state index is 15.8. The first kappa shape index (κ1) is 42.3. The summed E-state index contributed by atoms with van der Waals surface area (Å²) in [6, 6.07) is 18.4.